The molecule has 110 valence electrons. The van der Waals surface area contributed by atoms with Gasteiger partial charge in [-0.1, -0.05) is 0 Å². The third-order valence-corrected chi connectivity index (χ3v) is 4.28. The Morgan fingerprint density at radius 1 is 1.48 bits per heavy atom. The normalized spacial score (nSPS) is 13.5. The predicted molar refractivity (Wildman–Crippen MR) is 82.0 cm³/mol. The van der Waals surface area contributed by atoms with E-state index in [1.165, 1.54) is 0 Å². The minimum Gasteiger partial charge on any atom is -0.482 e. The van der Waals surface area contributed by atoms with Gasteiger partial charge in [0.2, 0.25) is 0 Å². The van der Waals surface area contributed by atoms with Gasteiger partial charge < -0.3 is 14.8 Å². The number of ether oxygens (including phenoxy) is 2. The molecule has 0 saturated carbocycles. The minimum atomic E-state index is -0.129. The highest BCUT2D eigenvalue weighted by Gasteiger charge is 2.18. The van der Waals surface area contributed by atoms with Crippen LogP contribution in [-0.2, 0) is 16.0 Å². The number of thiazole rings is 1. The average Bonchev–Trinajstić information content (AvgIpc) is 2.85. The monoisotopic (exact) mass is 304 g/mol. The van der Waals surface area contributed by atoms with Crippen LogP contribution < -0.4 is 10.1 Å². The van der Waals surface area contributed by atoms with Crippen molar-refractivity contribution in [2.24, 2.45) is 0 Å². The van der Waals surface area contributed by atoms with Crippen LogP contribution in [-0.4, -0.2) is 31.2 Å². The van der Waals surface area contributed by atoms with Crippen molar-refractivity contribution in [3.8, 4) is 17.0 Å². The molecule has 0 unspecified atom stereocenters. The molecule has 2 heterocycles. The van der Waals surface area contributed by atoms with Crippen LogP contribution in [0.5, 0.6) is 5.75 Å². The van der Waals surface area contributed by atoms with Gasteiger partial charge in [-0.3, -0.25) is 4.79 Å². The molecule has 0 aliphatic carbocycles. The number of anilines is 1. The summed E-state index contributed by atoms with van der Waals surface area (Å²) in [5.74, 6) is 0.571. The van der Waals surface area contributed by atoms with Crippen LogP contribution in [0.1, 0.15) is 9.88 Å². The Kier molecular flexibility index (Phi) is 3.90. The molecule has 1 amide bonds. The number of aryl methyl sites for hydroxylation is 1. The Balaban J connectivity index is 1.92. The number of benzene rings is 1. The zero-order chi connectivity index (χ0) is 14.8. The second-order valence-electron chi connectivity index (χ2n) is 4.80. The molecular weight excluding hydrogens is 288 g/mol. The number of amides is 1. The molecule has 0 saturated heterocycles. The topological polar surface area (TPSA) is 60.5 Å². The van der Waals surface area contributed by atoms with Crippen molar-refractivity contribution in [1.29, 1.82) is 0 Å². The Morgan fingerprint density at radius 2 is 2.33 bits per heavy atom. The van der Waals surface area contributed by atoms with Crippen LogP contribution in [0.25, 0.3) is 11.3 Å². The molecule has 5 nitrogen and oxygen atoms in total. The van der Waals surface area contributed by atoms with E-state index in [9.17, 15) is 4.79 Å². The molecule has 3 rings (SSSR count). The Hall–Kier alpha value is -1.92. The molecular formula is C15H16N2O3S. The number of nitrogens with one attached hydrogen (secondary N) is 1. The Bertz CT molecular complexity index is 682. The van der Waals surface area contributed by atoms with Gasteiger partial charge in [0, 0.05) is 24.0 Å². The number of methoxy groups -OCH3 is 1. The highest BCUT2D eigenvalue weighted by atomic mass is 32.1. The predicted octanol–water partition coefficient (Wildman–Crippen LogP) is 2.64. The van der Waals surface area contributed by atoms with E-state index in [1.807, 2.05) is 18.2 Å². The van der Waals surface area contributed by atoms with Crippen LogP contribution >= 0.6 is 11.3 Å². The first-order chi connectivity index (χ1) is 10.2. The van der Waals surface area contributed by atoms with Crippen LogP contribution in [0, 0.1) is 6.92 Å². The molecule has 0 radical (unpaired) electrons. The lowest BCUT2D eigenvalue weighted by Crippen LogP contribution is -2.25. The summed E-state index contributed by atoms with van der Waals surface area (Å²) in [6.07, 6.45) is 0.812. The zero-order valence-electron chi connectivity index (χ0n) is 11.9. The molecule has 0 atom stereocenters. The van der Waals surface area contributed by atoms with E-state index in [-0.39, 0.29) is 12.5 Å². The van der Waals surface area contributed by atoms with E-state index in [0.717, 1.165) is 27.6 Å². The third-order valence-electron chi connectivity index (χ3n) is 3.25. The van der Waals surface area contributed by atoms with Crippen molar-refractivity contribution < 1.29 is 14.3 Å². The van der Waals surface area contributed by atoms with E-state index in [0.29, 0.717) is 18.0 Å². The number of carbonyl (C=O) groups excluding carboxylic acids is 1. The molecule has 1 aromatic heterocycles. The first-order valence-corrected chi connectivity index (χ1v) is 7.51. The van der Waals surface area contributed by atoms with Crippen LogP contribution in [0.15, 0.2) is 18.2 Å². The first-order valence-electron chi connectivity index (χ1n) is 6.69. The van der Waals surface area contributed by atoms with Crippen molar-refractivity contribution in [1.82, 2.24) is 4.98 Å². The van der Waals surface area contributed by atoms with Crippen molar-refractivity contribution in [3.63, 3.8) is 0 Å². The average molecular weight is 304 g/mol. The summed E-state index contributed by atoms with van der Waals surface area (Å²) in [6, 6.07) is 5.75. The number of carbonyl (C=O) groups is 1. The van der Waals surface area contributed by atoms with Crippen LogP contribution in [0.3, 0.4) is 0 Å². The maximum Gasteiger partial charge on any atom is 0.262 e. The third kappa shape index (κ3) is 2.91. The van der Waals surface area contributed by atoms with E-state index < -0.39 is 0 Å². The number of fused-ring (bicyclic) bond motifs is 1. The highest BCUT2D eigenvalue weighted by Crippen LogP contribution is 2.35. The maximum absolute atomic E-state index is 11.4. The summed E-state index contributed by atoms with van der Waals surface area (Å²) < 4.78 is 10.5. The van der Waals surface area contributed by atoms with Crippen molar-refractivity contribution in [2.75, 3.05) is 25.6 Å². The molecule has 0 spiro atoms. The Morgan fingerprint density at radius 3 is 3.14 bits per heavy atom. The Labute approximate surface area is 126 Å². The van der Waals surface area contributed by atoms with Gasteiger partial charge in [-0.05, 0) is 25.1 Å². The van der Waals surface area contributed by atoms with Gasteiger partial charge in [0.1, 0.15) is 5.75 Å². The van der Waals surface area contributed by atoms with E-state index in [1.54, 1.807) is 18.4 Å². The van der Waals surface area contributed by atoms with E-state index >= 15 is 0 Å². The molecule has 1 aromatic carbocycles. The van der Waals surface area contributed by atoms with E-state index in [4.69, 9.17) is 9.47 Å². The second kappa shape index (κ2) is 5.83. The molecule has 1 aliphatic rings. The molecule has 2 aromatic rings. The molecule has 0 bridgehead atoms. The molecule has 6 heteroatoms. The summed E-state index contributed by atoms with van der Waals surface area (Å²) in [5.41, 5.74) is 2.64. The van der Waals surface area contributed by atoms with Gasteiger partial charge >= 0.3 is 0 Å². The number of rotatable bonds is 4. The van der Waals surface area contributed by atoms with Crippen LogP contribution in [0.2, 0.25) is 0 Å². The molecule has 21 heavy (non-hydrogen) atoms. The fourth-order valence-corrected chi connectivity index (χ4v) is 3.18. The second-order valence-corrected chi connectivity index (χ2v) is 6.09. The van der Waals surface area contributed by atoms with Crippen LogP contribution in [0.4, 0.5) is 5.69 Å². The largest absolute Gasteiger partial charge is 0.482 e. The van der Waals surface area contributed by atoms with E-state index in [2.05, 4.69) is 17.2 Å². The van der Waals surface area contributed by atoms with Crippen molar-refractivity contribution >= 4 is 22.9 Å². The van der Waals surface area contributed by atoms with Gasteiger partial charge in [-0.15, -0.1) is 11.3 Å². The van der Waals surface area contributed by atoms with Gasteiger partial charge in [-0.2, -0.15) is 0 Å². The minimum absolute atomic E-state index is 0.0727. The summed E-state index contributed by atoms with van der Waals surface area (Å²) in [6.45, 7) is 2.79. The van der Waals surface area contributed by atoms with Gasteiger partial charge in [-0.25, -0.2) is 4.98 Å². The smallest absolute Gasteiger partial charge is 0.262 e. The summed E-state index contributed by atoms with van der Waals surface area (Å²) in [4.78, 5) is 17.2. The fraction of sp³-hybridized carbons (Fsp3) is 0.333. The number of hydrogen-bond donors (Lipinski definition) is 1. The maximum atomic E-state index is 11.4. The summed E-state index contributed by atoms with van der Waals surface area (Å²) in [7, 11) is 1.69. The SMILES string of the molecule is COCCc1nc(-c2ccc3c(c2)NC(=O)CO3)c(C)s1. The number of nitrogens with zero attached hydrogens (tertiary/aromatic N) is 1. The molecule has 1 N–H and O–H groups in total. The molecule has 1 aliphatic heterocycles. The molecule has 0 fully saturated rings. The lowest BCUT2D eigenvalue weighted by molar-refractivity contribution is -0.118. The van der Waals surface area contributed by atoms with Gasteiger partial charge in [0.25, 0.3) is 5.91 Å². The number of hydrogen-bond acceptors (Lipinski definition) is 5. The summed E-state index contributed by atoms with van der Waals surface area (Å²) in [5, 5.41) is 3.88. The first kappa shape index (κ1) is 14.0. The quantitative estimate of drug-likeness (QED) is 0.943. The van der Waals surface area contributed by atoms with Gasteiger partial charge in [0.05, 0.1) is 23.0 Å². The standard InChI is InChI=1S/C15H16N2O3S/c1-9-15(17-14(21-9)5-6-19-2)10-3-4-12-11(7-10)16-13(18)8-20-12/h3-4,7H,5-6,8H2,1-2H3,(H,16,18). The van der Waals surface area contributed by atoms with Crippen molar-refractivity contribution in [2.45, 2.75) is 13.3 Å². The lowest BCUT2D eigenvalue weighted by Gasteiger charge is -2.18. The zero-order valence-corrected chi connectivity index (χ0v) is 12.8. The number of aromatic nitrogens is 1. The van der Waals surface area contributed by atoms with Gasteiger partial charge in [0.15, 0.2) is 6.61 Å². The highest BCUT2D eigenvalue weighted by molar-refractivity contribution is 7.12. The summed E-state index contributed by atoms with van der Waals surface area (Å²) >= 11 is 1.68. The fourth-order valence-electron chi connectivity index (χ4n) is 2.25. The lowest BCUT2D eigenvalue weighted by atomic mass is 10.1. The van der Waals surface area contributed by atoms with Crippen molar-refractivity contribution in [3.05, 3.63) is 28.1 Å².